The molecule has 3 atom stereocenters. The first-order chi connectivity index (χ1) is 16.6. The van der Waals surface area contributed by atoms with Gasteiger partial charge in [-0.2, -0.15) is 0 Å². The number of nitrogens with one attached hydrogen (secondary N) is 3. The van der Waals surface area contributed by atoms with Crippen LogP contribution in [0.2, 0.25) is 0 Å². The highest BCUT2D eigenvalue weighted by molar-refractivity contribution is 5.98. The third kappa shape index (κ3) is 6.98. The summed E-state index contributed by atoms with van der Waals surface area (Å²) in [5.41, 5.74) is 0.531. The molecule has 1 aliphatic rings. The van der Waals surface area contributed by atoms with Gasteiger partial charge in [0.2, 0.25) is 11.8 Å². The molecule has 0 unspecified atom stereocenters. The highest BCUT2D eigenvalue weighted by atomic mass is 16.5. The van der Waals surface area contributed by atoms with E-state index in [1.54, 1.807) is 6.92 Å². The second-order valence-corrected chi connectivity index (χ2v) is 9.21. The minimum atomic E-state index is -1.06. The van der Waals surface area contributed by atoms with Crippen LogP contribution >= 0.6 is 0 Å². The zero-order valence-electron chi connectivity index (χ0n) is 20.4. The van der Waals surface area contributed by atoms with Gasteiger partial charge in [0.15, 0.2) is 11.5 Å². The van der Waals surface area contributed by atoms with Crippen LogP contribution in [-0.4, -0.2) is 60.5 Å². The van der Waals surface area contributed by atoms with Crippen molar-refractivity contribution in [3.05, 3.63) is 53.4 Å². The number of aryl methyl sites for hydroxylation is 1. The molecule has 3 amide bonds. The Hall–Kier alpha value is -3.53. The van der Waals surface area contributed by atoms with Crippen molar-refractivity contribution >= 4 is 23.5 Å². The lowest BCUT2D eigenvalue weighted by atomic mass is 9.92. The Morgan fingerprint density at radius 3 is 2.31 bits per heavy atom. The Bertz CT molecular complexity index is 1060. The van der Waals surface area contributed by atoms with Gasteiger partial charge in [-0.05, 0) is 38.7 Å². The normalized spacial score (nSPS) is 16.5. The molecule has 2 aromatic rings. The molecule has 10 heteroatoms. The summed E-state index contributed by atoms with van der Waals surface area (Å²) < 4.78 is 9.94. The highest BCUT2D eigenvalue weighted by Crippen LogP contribution is 2.46. The third-order valence-corrected chi connectivity index (χ3v) is 6.08. The van der Waals surface area contributed by atoms with Crippen molar-refractivity contribution in [2.45, 2.75) is 58.2 Å². The summed E-state index contributed by atoms with van der Waals surface area (Å²) >= 11 is 0. The number of benzene rings is 1. The summed E-state index contributed by atoms with van der Waals surface area (Å²) in [6.07, 6.45) is 1.95. The summed E-state index contributed by atoms with van der Waals surface area (Å²) in [5.74, 6) is -1.27. The Balaban J connectivity index is 1.62. The zero-order valence-corrected chi connectivity index (χ0v) is 20.4. The van der Waals surface area contributed by atoms with Crippen molar-refractivity contribution in [3.63, 3.8) is 0 Å². The summed E-state index contributed by atoms with van der Waals surface area (Å²) in [6.45, 7) is 4.95. The SMILES string of the molecule is COC[C@H](NC(=O)c1cc(C)on1)C(=O)N[C@@H](C)C(=O)N[C@@H](Cc1ccccc1)C(=O)C1(C)CC1. The molecule has 1 saturated carbocycles. The average molecular weight is 485 g/mol. The molecule has 0 bridgehead atoms. The number of hydrogen-bond donors (Lipinski definition) is 3. The summed E-state index contributed by atoms with van der Waals surface area (Å²) in [5, 5.41) is 11.6. The van der Waals surface area contributed by atoms with Crippen molar-refractivity contribution < 1.29 is 28.4 Å². The van der Waals surface area contributed by atoms with Gasteiger partial charge in [0, 0.05) is 18.6 Å². The first-order valence-corrected chi connectivity index (χ1v) is 11.5. The molecule has 0 saturated heterocycles. The Morgan fingerprint density at radius 1 is 1.06 bits per heavy atom. The van der Waals surface area contributed by atoms with Crippen LogP contribution in [0.4, 0.5) is 0 Å². The fraction of sp³-hybridized carbons (Fsp3) is 0.480. The number of nitrogens with zero attached hydrogens (tertiary/aromatic N) is 1. The van der Waals surface area contributed by atoms with Gasteiger partial charge in [-0.15, -0.1) is 0 Å². The topological polar surface area (TPSA) is 140 Å². The lowest BCUT2D eigenvalue weighted by molar-refractivity contribution is -0.133. The standard InChI is InChI=1S/C25H32N4O6/c1-15-12-19(29-35-15)23(32)28-20(14-34-4)24(33)26-16(2)22(31)27-18(21(30)25(3)10-11-25)13-17-8-6-5-7-9-17/h5-9,12,16,18,20H,10-11,13-14H2,1-4H3,(H,26,33)(H,27,31)(H,28,32)/t16-,18-,20-/m0/s1. The molecule has 1 heterocycles. The molecule has 1 aliphatic carbocycles. The molecule has 0 spiro atoms. The maximum absolute atomic E-state index is 13.1. The first-order valence-electron chi connectivity index (χ1n) is 11.5. The Labute approximate surface area is 204 Å². The number of ketones is 1. The number of carbonyl (C=O) groups excluding carboxylic acids is 4. The minimum absolute atomic E-state index is 0.0133. The summed E-state index contributed by atoms with van der Waals surface area (Å²) in [4.78, 5) is 51.2. The van der Waals surface area contributed by atoms with E-state index < -0.39 is 41.3 Å². The summed E-state index contributed by atoms with van der Waals surface area (Å²) in [7, 11) is 1.39. The van der Waals surface area contributed by atoms with E-state index in [0.29, 0.717) is 12.2 Å². The molecule has 1 aromatic carbocycles. The number of amides is 3. The second-order valence-electron chi connectivity index (χ2n) is 9.21. The smallest absolute Gasteiger partial charge is 0.274 e. The molecule has 0 radical (unpaired) electrons. The number of hydrogen-bond acceptors (Lipinski definition) is 7. The number of ether oxygens (including phenoxy) is 1. The predicted octanol–water partition coefficient (Wildman–Crippen LogP) is 1.33. The van der Waals surface area contributed by atoms with E-state index in [4.69, 9.17) is 9.26 Å². The molecule has 10 nitrogen and oxygen atoms in total. The second kappa shape index (κ2) is 11.3. The van der Waals surface area contributed by atoms with Crippen LogP contribution in [0.3, 0.4) is 0 Å². The van der Waals surface area contributed by atoms with Crippen molar-refractivity contribution in [2.24, 2.45) is 5.41 Å². The van der Waals surface area contributed by atoms with Crippen molar-refractivity contribution in [1.82, 2.24) is 21.1 Å². The van der Waals surface area contributed by atoms with Crippen LogP contribution in [0.1, 0.15) is 48.5 Å². The molecule has 1 aromatic heterocycles. The number of carbonyl (C=O) groups is 4. The van der Waals surface area contributed by atoms with Crippen molar-refractivity contribution in [2.75, 3.05) is 13.7 Å². The third-order valence-electron chi connectivity index (χ3n) is 6.08. The summed E-state index contributed by atoms with van der Waals surface area (Å²) in [6, 6.07) is 8.17. The van der Waals surface area contributed by atoms with E-state index in [1.165, 1.54) is 20.1 Å². The van der Waals surface area contributed by atoms with Crippen LogP contribution < -0.4 is 16.0 Å². The fourth-order valence-corrected chi connectivity index (χ4v) is 3.65. The zero-order chi connectivity index (χ0) is 25.6. The van der Waals surface area contributed by atoms with Crippen molar-refractivity contribution in [3.8, 4) is 0 Å². The number of Topliss-reactive ketones (excluding diaryl/α,β-unsaturated/α-hetero) is 1. The Morgan fingerprint density at radius 2 is 1.74 bits per heavy atom. The van der Waals surface area contributed by atoms with Gasteiger partial charge in [0.25, 0.3) is 5.91 Å². The molecular formula is C25H32N4O6. The van der Waals surface area contributed by atoms with Crippen LogP contribution in [0.15, 0.2) is 40.9 Å². The van der Waals surface area contributed by atoms with E-state index >= 15 is 0 Å². The fourth-order valence-electron chi connectivity index (χ4n) is 3.65. The highest BCUT2D eigenvalue weighted by Gasteiger charge is 2.47. The van der Waals surface area contributed by atoms with Crippen LogP contribution in [0, 0.1) is 12.3 Å². The predicted molar refractivity (Wildman–Crippen MR) is 126 cm³/mol. The molecule has 1 fully saturated rings. The molecule has 3 N–H and O–H groups in total. The van der Waals surface area contributed by atoms with E-state index in [0.717, 1.165) is 18.4 Å². The lowest BCUT2D eigenvalue weighted by Gasteiger charge is -2.24. The van der Waals surface area contributed by atoms with Gasteiger partial charge < -0.3 is 25.2 Å². The Kier molecular flexibility index (Phi) is 8.39. The molecular weight excluding hydrogens is 452 g/mol. The molecule has 3 rings (SSSR count). The van der Waals surface area contributed by atoms with Crippen LogP contribution in [0.25, 0.3) is 0 Å². The van der Waals surface area contributed by atoms with Gasteiger partial charge >= 0.3 is 0 Å². The van der Waals surface area contributed by atoms with Gasteiger partial charge in [-0.1, -0.05) is 42.4 Å². The van der Waals surface area contributed by atoms with Crippen molar-refractivity contribution in [1.29, 1.82) is 0 Å². The molecule has 188 valence electrons. The van der Waals surface area contributed by atoms with E-state index in [9.17, 15) is 19.2 Å². The average Bonchev–Trinajstić information content (AvgIpc) is 3.43. The largest absolute Gasteiger partial charge is 0.382 e. The monoisotopic (exact) mass is 484 g/mol. The maximum Gasteiger partial charge on any atom is 0.274 e. The van der Waals surface area contributed by atoms with E-state index in [-0.39, 0.29) is 18.1 Å². The van der Waals surface area contributed by atoms with Gasteiger partial charge in [-0.3, -0.25) is 19.2 Å². The van der Waals surface area contributed by atoms with Crippen LogP contribution in [0.5, 0.6) is 0 Å². The van der Waals surface area contributed by atoms with Gasteiger partial charge in [-0.25, -0.2) is 0 Å². The molecule has 0 aliphatic heterocycles. The first kappa shape index (κ1) is 26.1. The number of methoxy groups -OCH3 is 1. The van der Waals surface area contributed by atoms with Crippen LogP contribution in [-0.2, 0) is 25.5 Å². The van der Waals surface area contributed by atoms with E-state index in [1.807, 2.05) is 37.3 Å². The van der Waals surface area contributed by atoms with Gasteiger partial charge in [0.1, 0.15) is 17.8 Å². The molecule has 35 heavy (non-hydrogen) atoms. The van der Waals surface area contributed by atoms with Gasteiger partial charge in [0.05, 0.1) is 12.6 Å². The number of aromatic nitrogens is 1. The maximum atomic E-state index is 13.1. The quantitative estimate of drug-likeness (QED) is 0.413. The van der Waals surface area contributed by atoms with E-state index in [2.05, 4.69) is 21.1 Å². The lowest BCUT2D eigenvalue weighted by Crippen LogP contribution is -2.56. The minimum Gasteiger partial charge on any atom is -0.382 e. The number of rotatable bonds is 12.